The van der Waals surface area contributed by atoms with E-state index in [4.69, 9.17) is 0 Å². The first-order valence-corrected chi connectivity index (χ1v) is 16.2. The van der Waals surface area contributed by atoms with E-state index in [2.05, 4.69) is 173 Å². The van der Waals surface area contributed by atoms with Crippen LogP contribution in [-0.2, 0) is 0 Å². The van der Waals surface area contributed by atoms with Crippen molar-refractivity contribution in [1.82, 2.24) is 0 Å². The fourth-order valence-corrected chi connectivity index (χ4v) is 7.21. The number of hydrogen-bond donors (Lipinski definition) is 0. The zero-order chi connectivity index (χ0) is 31.4. The van der Waals surface area contributed by atoms with E-state index in [9.17, 15) is 0 Å². The maximum atomic E-state index is 2.32. The molecule has 0 atom stereocenters. The van der Waals surface area contributed by atoms with Crippen LogP contribution in [0.25, 0.3) is 76.8 Å². The molecule has 0 aromatic heterocycles. The molecule has 0 saturated carbocycles. The lowest BCUT2D eigenvalue weighted by molar-refractivity contribution is 1.47. The summed E-state index contributed by atoms with van der Waals surface area (Å²) in [6.45, 7) is 8.67. The molecule has 0 bridgehead atoms. The monoisotopic (exact) mass is 604 g/mol. The van der Waals surface area contributed by atoms with Crippen molar-refractivity contribution in [2.45, 2.75) is 35.1 Å². The molecule has 8 aromatic carbocycles. The summed E-state index contributed by atoms with van der Waals surface area (Å²) in [5.41, 5.74) is 15.1. The van der Waals surface area contributed by atoms with E-state index in [1.54, 1.807) is 0 Å². The molecule has 8 aromatic rings. The van der Waals surface area contributed by atoms with Crippen LogP contribution in [0.3, 0.4) is 0 Å². The highest BCUT2D eigenvalue weighted by molar-refractivity contribution is 6.33. The highest BCUT2D eigenvalue weighted by Gasteiger charge is 2.25. The maximum Gasteiger partial charge on any atom is -0.000139 e. The lowest BCUT2D eigenvalue weighted by Crippen LogP contribution is -1.98. The molecule has 0 aliphatic carbocycles. The predicted molar refractivity (Wildman–Crippen MR) is 206 cm³/mol. The standard InChI is InChI=1S/C46H36.CH4/c1-29-13-21-33(22-14-29)41-37-9-5-6-10-38(37)43(35-25-17-31(3)18-26-35)46-44(36-27-19-32(4)20-28-36)40-12-8-7-11-39(40)42(45(41)46)34-23-15-30(2)16-24-34;/h5-28H,1-4H3;1H4. The van der Waals surface area contributed by atoms with Crippen LogP contribution in [0.5, 0.6) is 0 Å². The first-order chi connectivity index (χ1) is 22.5. The third-order valence-corrected chi connectivity index (χ3v) is 9.54. The van der Waals surface area contributed by atoms with Crippen molar-refractivity contribution in [2.75, 3.05) is 0 Å². The van der Waals surface area contributed by atoms with Crippen LogP contribution in [0.1, 0.15) is 29.7 Å². The van der Waals surface area contributed by atoms with E-state index in [1.165, 1.54) is 99.1 Å². The second-order valence-corrected chi connectivity index (χ2v) is 12.8. The Balaban J connectivity index is 0.00000351. The first kappa shape index (κ1) is 30.2. The van der Waals surface area contributed by atoms with Gasteiger partial charge in [-0.2, -0.15) is 0 Å². The summed E-state index contributed by atoms with van der Waals surface area (Å²) in [6, 6.07) is 54.5. The Hall–Kier alpha value is -5.46. The minimum Gasteiger partial charge on any atom is -0.0776 e. The molecule has 0 fully saturated rings. The minimum absolute atomic E-state index is 0. The van der Waals surface area contributed by atoms with Crippen LogP contribution < -0.4 is 0 Å². The average Bonchev–Trinajstić information content (AvgIpc) is 3.08. The highest BCUT2D eigenvalue weighted by Crippen LogP contribution is 2.53. The summed E-state index contributed by atoms with van der Waals surface area (Å²) in [6.07, 6.45) is 0. The van der Waals surface area contributed by atoms with Crippen LogP contribution in [0.15, 0.2) is 146 Å². The summed E-state index contributed by atoms with van der Waals surface area (Å²) >= 11 is 0. The number of fused-ring (bicyclic) bond motifs is 3. The summed E-state index contributed by atoms with van der Waals surface area (Å²) in [7, 11) is 0. The van der Waals surface area contributed by atoms with E-state index >= 15 is 0 Å². The Kier molecular flexibility index (Phi) is 7.74. The summed E-state index contributed by atoms with van der Waals surface area (Å²) < 4.78 is 0. The summed E-state index contributed by atoms with van der Waals surface area (Å²) in [5, 5.41) is 7.69. The molecule has 47 heavy (non-hydrogen) atoms. The Labute approximate surface area is 279 Å². The van der Waals surface area contributed by atoms with Gasteiger partial charge in [-0.05, 0) is 105 Å². The van der Waals surface area contributed by atoms with Crippen molar-refractivity contribution < 1.29 is 0 Å². The minimum atomic E-state index is 0. The van der Waals surface area contributed by atoms with E-state index in [0.717, 1.165) is 0 Å². The van der Waals surface area contributed by atoms with E-state index in [0.29, 0.717) is 0 Å². The predicted octanol–water partition coefficient (Wildman–Crippen LogP) is 13.7. The van der Waals surface area contributed by atoms with Gasteiger partial charge in [-0.3, -0.25) is 0 Å². The smallest absolute Gasteiger partial charge is 0.000139 e. The van der Waals surface area contributed by atoms with E-state index < -0.39 is 0 Å². The van der Waals surface area contributed by atoms with Crippen molar-refractivity contribution in [3.8, 4) is 44.5 Å². The number of aryl methyl sites for hydroxylation is 4. The summed E-state index contributed by atoms with van der Waals surface area (Å²) in [5.74, 6) is 0. The molecule has 0 heteroatoms. The van der Waals surface area contributed by atoms with Gasteiger partial charge in [-0.25, -0.2) is 0 Å². The van der Waals surface area contributed by atoms with Crippen molar-refractivity contribution in [3.63, 3.8) is 0 Å². The Morgan fingerprint density at radius 1 is 0.255 bits per heavy atom. The molecule has 0 nitrogen and oxygen atoms in total. The van der Waals surface area contributed by atoms with Gasteiger partial charge in [-0.15, -0.1) is 0 Å². The van der Waals surface area contributed by atoms with E-state index in [-0.39, 0.29) is 7.43 Å². The lowest BCUT2D eigenvalue weighted by Gasteiger charge is -2.25. The molecule has 8 rings (SSSR count). The van der Waals surface area contributed by atoms with Gasteiger partial charge in [0.15, 0.2) is 0 Å². The molecule has 0 amide bonds. The molecular formula is C47H40. The van der Waals surface area contributed by atoms with Crippen molar-refractivity contribution in [2.24, 2.45) is 0 Å². The number of hydrogen-bond acceptors (Lipinski definition) is 0. The van der Waals surface area contributed by atoms with Crippen LogP contribution >= 0.6 is 0 Å². The zero-order valence-electron chi connectivity index (χ0n) is 26.9. The van der Waals surface area contributed by atoms with Gasteiger partial charge in [0, 0.05) is 0 Å². The lowest BCUT2D eigenvalue weighted by atomic mass is 9.77. The molecular weight excluding hydrogens is 565 g/mol. The third-order valence-electron chi connectivity index (χ3n) is 9.54. The highest BCUT2D eigenvalue weighted by atomic mass is 14.3. The Morgan fingerprint density at radius 3 is 0.638 bits per heavy atom. The van der Waals surface area contributed by atoms with Crippen LogP contribution in [0.4, 0.5) is 0 Å². The molecule has 0 spiro atoms. The van der Waals surface area contributed by atoms with Gasteiger partial charge in [-0.1, -0.05) is 175 Å². The third kappa shape index (κ3) is 5.11. The van der Waals surface area contributed by atoms with Crippen molar-refractivity contribution >= 4 is 32.3 Å². The van der Waals surface area contributed by atoms with Gasteiger partial charge in [0.25, 0.3) is 0 Å². The molecule has 228 valence electrons. The van der Waals surface area contributed by atoms with Crippen LogP contribution in [-0.4, -0.2) is 0 Å². The number of benzene rings is 8. The first-order valence-electron chi connectivity index (χ1n) is 16.2. The molecule has 0 N–H and O–H groups in total. The molecule has 0 aliphatic rings. The maximum absolute atomic E-state index is 2.32. The summed E-state index contributed by atoms with van der Waals surface area (Å²) in [4.78, 5) is 0. The van der Waals surface area contributed by atoms with E-state index in [1.807, 2.05) is 0 Å². The zero-order valence-corrected chi connectivity index (χ0v) is 26.9. The Bertz CT molecular complexity index is 2050. The molecule has 0 aliphatic heterocycles. The average molecular weight is 605 g/mol. The second kappa shape index (κ2) is 12.0. The topological polar surface area (TPSA) is 0 Å². The van der Waals surface area contributed by atoms with Crippen molar-refractivity contribution in [3.05, 3.63) is 168 Å². The van der Waals surface area contributed by atoms with Crippen LogP contribution in [0.2, 0.25) is 0 Å². The van der Waals surface area contributed by atoms with Crippen molar-refractivity contribution in [1.29, 1.82) is 0 Å². The molecule has 0 heterocycles. The van der Waals surface area contributed by atoms with Gasteiger partial charge < -0.3 is 0 Å². The second-order valence-electron chi connectivity index (χ2n) is 12.8. The molecule has 0 saturated heterocycles. The number of rotatable bonds is 4. The van der Waals surface area contributed by atoms with Crippen LogP contribution in [0, 0.1) is 27.7 Å². The largest absolute Gasteiger partial charge is 0.0776 e. The quantitative estimate of drug-likeness (QED) is 0.175. The fourth-order valence-electron chi connectivity index (χ4n) is 7.21. The fraction of sp³-hybridized carbons (Fsp3) is 0.106. The Morgan fingerprint density at radius 2 is 0.447 bits per heavy atom. The van der Waals surface area contributed by atoms with Gasteiger partial charge >= 0.3 is 0 Å². The van der Waals surface area contributed by atoms with Gasteiger partial charge in [0.1, 0.15) is 0 Å². The molecule has 0 radical (unpaired) electrons. The molecule has 0 unspecified atom stereocenters. The normalized spacial score (nSPS) is 11.2. The SMILES string of the molecule is C.Cc1ccc(-c2c3ccccc3c(-c3ccc(C)cc3)c3c(-c4ccc(C)cc4)c4ccccc4c(-c4ccc(C)cc4)c23)cc1. The van der Waals surface area contributed by atoms with Gasteiger partial charge in [0.05, 0.1) is 0 Å². The van der Waals surface area contributed by atoms with Gasteiger partial charge in [0.2, 0.25) is 0 Å².